The average Bonchev–Trinajstić information content (AvgIpc) is 3.12. The van der Waals surface area contributed by atoms with Gasteiger partial charge in [-0.05, 0) is 75.1 Å². The summed E-state index contributed by atoms with van der Waals surface area (Å²) in [6.45, 7) is 7.17. The third-order valence-corrected chi connectivity index (χ3v) is 5.42. The highest BCUT2D eigenvalue weighted by molar-refractivity contribution is 7.19. The van der Waals surface area contributed by atoms with Crippen LogP contribution in [0.3, 0.4) is 0 Å². The van der Waals surface area contributed by atoms with Crippen LogP contribution in [0.25, 0.3) is 0 Å². The number of ketones is 1. The summed E-state index contributed by atoms with van der Waals surface area (Å²) in [5, 5.41) is 22.8. The molecule has 0 saturated carbocycles. The molecule has 1 aromatic heterocycles. The summed E-state index contributed by atoms with van der Waals surface area (Å²) in [5.74, 6) is -0.551. The lowest BCUT2D eigenvalue weighted by Gasteiger charge is -2.16. The van der Waals surface area contributed by atoms with Gasteiger partial charge >= 0.3 is 11.0 Å². The third kappa shape index (κ3) is 7.56. The van der Waals surface area contributed by atoms with E-state index in [1.807, 2.05) is 25.1 Å². The number of anilines is 1. The molecule has 0 radical (unpaired) electrons. The van der Waals surface area contributed by atoms with E-state index in [2.05, 4.69) is 22.5 Å². The molecule has 9 nitrogen and oxygen atoms in total. The van der Waals surface area contributed by atoms with Crippen molar-refractivity contribution >= 4 is 44.5 Å². The smallest absolute Gasteiger partial charge is 0.326 e. The number of ether oxygens (including phenoxy) is 1. The molecule has 0 aliphatic carbocycles. The second-order valence-corrected chi connectivity index (χ2v) is 8.21. The van der Waals surface area contributed by atoms with E-state index >= 15 is 0 Å². The number of thiophene rings is 1. The summed E-state index contributed by atoms with van der Waals surface area (Å²) in [5.41, 5.74) is 2.63. The second-order valence-electron chi connectivity index (χ2n) is 7.20. The summed E-state index contributed by atoms with van der Waals surface area (Å²) in [7, 11) is 0. The number of azo groups is 1. The van der Waals surface area contributed by atoms with Gasteiger partial charge in [-0.25, -0.2) is 0 Å². The van der Waals surface area contributed by atoms with Crippen molar-refractivity contribution < 1.29 is 19.2 Å². The Morgan fingerprint density at radius 2 is 1.97 bits per heavy atom. The quantitative estimate of drug-likeness (QED) is 0.111. The number of nitrogens with one attached hydrogen (secondary N) is 1. The van der Waals surface area contributed by atoms with Crippen LogP contribution in [0.5, 0.6) is 0 Å². The summed E-state index contributed by atoms with van der Waals surface area (Å²) >= 11 is 0.825. The van der Waals surface area contributed by atoms with E-state index in [1.165, 1.54) is 19.9 Å². The number of carbonyl (C=O) groups excluding carboxylic acids is 2. The molecule has 31 heavy (non-hydrogen) atoms. The van der Waals surface area contributed by atoms with Crippen LogP contribution in [0.15, 0.2) is 34.5 Å². The fourth-order valence-electron chi connectivity index (χ4n) is 2.87. The first-order valence-corrected chi connectivity index (χ1v) is 10.7. The number of benzene rings is 1. The Kier molecular flexibility index (Phi) is 8.80. The monoisotopic (exact) mass is 446 g/mol. The molecule has 1 aromatic carbocycles. The number of nitrogens with zero attached hydrogens (tertiary/aromatic N) is 3. The molecule has 1 unspecified atom stereocenters. The molecule has 0 bridgehead atoms. The average molecular weight is 447 g/mol. The molecule has 2 aromatic rings. The summed E-state index contributed by atoms with van der Waals surface area (Å²) in [4.78, 5) is 32.9. The van der Waals surface area contributed by atoms with Crippen molar-refractivity contribution in [2.24, 2.45) is 10.2 Å². The molecule has 0 aliphatic heterocycles. The van der Waals surface area contributed by atoms with Crippen LogP contribution in [0.2, 0.25) is 0 Å². The van der Waals surface area contributed by atoms with Crippen molar-refractivity contribution in [1.29, 1.82) is 0 Å². The fourth-order valence-corrected chi connectivity index (χ4v) is 3.71. The first kappa shape index (κ1) is 24.1. The normalized spacial score (nSPS) is 12.0. The molecule has 0 amide bonds. The molecule has 0 fully saturated rings. The highest BCUT2D eigenvalue weighted by Gasteiger charge is 2.19. The number of hydrogen-bond donors (Lipinski definition) is 1. The Balaban J connectivity index is 1.99. The van der Waals surface area contributed by atoms with Crippen molar-refractivity contribution in [1.82, 2.24) is 0 Å². The van der Waals surface area contributed by atoms with Gasteiger partial charge in [0.1, 0.15) is 0 Å². The Labute approximate surface area is 184 Å². The molecule has 166 valence electrons. The summed E-state index contributed by atoms with van der Waals surface area (Å²) in [6.07, 6.45) is 2.71. The van der Waals surface area contributed by atoms with E-state index in [0.29, 0.717) is 12.3 Å². The molecular formula is C21H26N4O5S. The standard InChI is InChI=1S/C21H26N4O5S/c1-13-11-17(22-14(2)7-5-6-10-30-16(4)27)8-9-19(13)23-24-21-18(15(3)26)12-20(31-21)25(28)29/h8-9,11-12,14,22H,5-7,10H2,1-4H3. The summed E-state index contributed by atoms with van der Waals surface area (Å²) in [6, 6.07) is 7.12. The first-order valence-electron chi connectivity index (χ1n) is 9.88. The van der Waals surface area contributed by atoms with Crippen LogP contribution in [0, 0.1) is 17.0 Å². The number of unbranched alkanes of at least 4 members (excludes halogenated alkanes) is 1. The number of esters is 1. The zero-order valence-electron chi connectivity index (χ0n) is 18.0. The van der Waals surface area contributed by atoms with Crippen LogP contribution >= 0.6 is 11.3 Å². The Morgan fingerprint density at radius 1 is 1.23 bits per heavy atom. The minimum atomic E-state index is -0.542. The molecule has 2 rings (SSSR count). The highest BCUT2D eigenvalue weighted by atomic mass is 32.1. The van der Waals surface area contributed by atoms with Crippen LogP contribution in [0.4, 0.5) is 21.4 Å². The maximum atomic E-state index is 11.7. The molecule has 0 aliphatic rings. The van der Waals surface area contributed by atoms with Gasteiger partial charge in [0.05, 0.1) is 22.8 Å². The number of hydrogen-bond acceptors (Lipinski definition) is 9. The van der Waals surface area contributed by atoms with E-state index in [9.17, 15) is 19.7 Å². The van der Waals surface area contributed by atoms with Crippen molar-refractivity contribution in [2.45, 2.75) is 53.0 Å². The van der Waals surface area contributed by atoms with E-state index in [-0.39, 0.29) is 33.4 Å². The third-order valence-electron chi connectivity index (χ3n) is 4.45. The van der Waals surface area contributed by atoms with Gasteiger partial charge in [-0.3, -0.25) is 19.7 Å². The van der Waals surface area contributed by atoms with Crippen molar-refractivity contribution in [3.8, 4) is 0 Å². The van der Waals surface area contributed by atoms with Gasteiger partial charge in [-0.15, -0.1) is 10.2 Å². The Hall–Kier alpha value is -3.14. The van der Waals surface area contributed by atoms with E-state index < -0.39 is 4.92 Å². The maximum Gasteiger partial charge on any atom is 0.326 e. The minimum Gasteiger partial charge on any atom is -0.466 e. The largest absolute Gasteiger partial charge is 0.466 e. The van der Waals surface area contributed by atoms with Gasteiger partial charge in [0.2, 0.25) is 0 Å². The molecular weight excluding hydrogens is 420 g/mol. The summed E-state index contributed by atoms with van der Waals surface area (Å²) < 4.78 is 4.93. The highest BCUT2D eigenvalue weighted by Crippen LogP contribution is 2.37. The van der Waals surface area contributed by atoms with E-state index in [4.69, 9.17) is 4.74 Å². The van der Waals surface area contributed by atoms with Crippen molar-refractivity contribution in [3.63, 3.8) is 0 Å². The van der Waals surface area contributed by atoms with E-state index in [1.54, 1.807) is 0 Å². The van der Waals surface area contributed by atoms with Crippen molar-refractivity contribution in [3.05, 3.63) is 45.5 Å². The Morgan fingerprint density at radius 3 is 2.58 bits per heavy atom. The number of Topliss-reactive ketones (excluding diaryl/α,β-unsaturated/α-hetero) is 1. The van der Waals surface area contributed by atoms with Gasteiger partial charge in [-0.2, -0.15) is 0 Å². The molecule has 1 atom stereocenters. The predicted octanol–water partition coefficient (Wildman–Crippen LogP) is 6.12. The lowest BCUT2D eigenvalue weighted by atomic mass is 10.1. The van der Waals surface area contributed by atoms with Gasteiger partial charge in [-0.1, -0.05) is 0 Å². The van der Waals surface area contributed by atoms with Gasteiger partial charge in [0.15, 0.2) is 10.8 Å². The van der Waals surface area contributed by atoms with Crippen LogP contribution in [-0.4, -0.2) is 29.3 Å². The van der Waals surface area contributed by atoms with E-state index in [0.717, 1.165) is 41.9 Å². The van der Waals surface area contributed by atoms with Gasteiger partial charge < -0.3 is 10.1 Å². The lowest BCUT2D eigenvalue weighted by molar-refractivity contribution is -0.380. The van der Waals surface area contributed by atoms with Gasteiger partial charge in [0.25, 0.3) is 0 Å². The second kappa shape index (κ2) is 11.3. The van der Waals surface area contributed by atoms with Gasteiger partial charge in [0, 0.05) is 24.7 Å². The zero-order chi connectivity index (χ0) is 23.0. The molecule has 10 heteroatoms. The predicted molar refractivity (Wildman–Crippen MR) is 120 cm³/mol. The topological polar surface area (TPSA) is 123 Å². The number of carbonyl (C=O) groups is 2. The van der Waals surface area contributed by atoms with Crippen LogP contribution in [-0.2, 0) is 9.53 Å². The van der Waals surface area contributed by atoms with Crippen LogP contribution < -0.4 is 5.32 Å². The molecule has 0 saturated heterocycles. The first-order chi connectivity index (χ1) is 14.7. The maximum absolute atomic E-state index is 11.7. The van der Waals surface area contributed by atoms with Crippen LogP contribution in [0.1, 0.15) is 56.0 Å². The lowest BCUT2D eigenvalue weighted by Crippen LogP contribution is -2.15. The molecule has 1 heterocycles. The zero-order valence-corrected chi connectivity index (χ0v) is 18.8. The Bertz CT molecular complexity index is 986. The number of aryl methyl sites for hydroxylation is 1. The van der Waals surface area contributed by atoms with Crippen molar-refractivity contribution in [2.75, 3.05) is 11.9 Å². The molecule has 1 N–H and O–H groups in total. The fraction of sp³-hybridized carbons (Fsp3) is 0.429. The minimum absolute atomic E-state index is 0.141. The molecule has 0 spiro atoms. The SMILES string of the molecule is CC(=O)OCCCCC(C)Nc1ccc(N=Nc2sc([N+](=O)[O-])cc2C(C)=O)c(C)c1. The number of nitro groups is 1. The number of rotatable bonds is 11.